The second-order valence-corrected chi connectivity index (χ2v) is 7.82. The van der Waals surface area contributed by atoms with Gasteiger partial charge in [0.1, 0.15) is 5.75 Å². The summed E-state index contributed by atoms with van der Waals surface area (Å²) in [7, 11) is 3.74. The quantitative estimate of drug-likeness (QED) is 0.523. The lowest BCUT2D eigenvalue weighted by atomic mass is 10.1. The maximum Gasteiger partial charge on any atom is 0.230 e. The molecule has 1 aromatic heterocycles. The van der Waals surface area contributed by atoms with Gasteiger partial charge in [0.05, 0.1) is 18.5 Å². The van der Waals surface area contributed by atoms with E-state index in [4.69, 9.17) is 9.72 Å². The molecule has 0 spiro atoms. The maximum atomic E-state index is 12.4. The number of hydrogen-bond donors (Lipinski definition) is 0. The fourth-order valence-corrected chi connectivity index (χ4v) is 4.19. The predicted molar refractivity (Wildman–Crippen MR) is 119 cm³/mol. The molecule has 6 heteroatoms. The first-order chi connectivity index (χ1) is 14.0. The molecule has 0 fully saturated rings. The first-order valence-corrected chi connectivity index (χ1v) is 10.5. The molecule has 29 heavy (non-hydrogen) atoms. The van der Waals surface area contributed by atoms with Crippen LogP contribution in [0.3, 0.4) is 0 Å². The summed E-state index contributed by atoms with van der Waals surface area (Å²) in [5.74, 6) is 0.829. The smallest absolute Gasteiger partial charge is 0.230 e. The van der Waals surface area contributed by atoms with Gasteiger partial charge in [0, 0.05) is 25.4 Å². The summed E-state index contributed by atoms with van der Waals surface area (Å²) in [4.78, 5) is 21.1. The molecule has 1 heterocycles. The Morgan fingerprint density at radius 3 is 2.66 bits per heavy atom. The molecule has 0 bridgehead atoms. The van der Waals surface area contributed by atoms with Crippen LogP contribution in [0, 0.1) is 0 Å². The number of para-hydroxylation sites is 1. The number of hydrogen-bond acceptors (Lipinski definition) is 5. The Labute approximate surface area is 176 Å². The SMILES string of the molecule is CCc1ccccc1N(C(C)=O)c1nc(CN(C)Cc2cccc(OC)c2)cs1. The Hall–Kier alpha value is -2.70. The van der Waals surface area contributed by atoms with Crippen molar-refractivity contribution in [3.05, 3.63) is 70.7 Å². The lowest BCUT2D eigenvalue weighted by Crippen LogP contribution is -2.24. The highest BCUT2D eigenvalue weighted by atomic mass is 32.1. The van der Waals surface area contributed by atoms with Crippen molar-refractivity contribution in [1.82, 2.24) is 9.88 Å². The minimum Gasteiger partial charge on any atom is -0.497 e. The van der Waals surface area contributed by atoms with Crippen LogP contribution in [0.5, 0.6) is 5.75 Å². The average molecular weight is 410 g/mol. The van der Waals surface area contributed by atoms with Crippen LogP contribution in [0.1, 0.15) is 30.7 Å². The number of aryl methyl sites for hydroxylation is 1. The van der Waals surface area contributed by atoms with E-state index in [0.29, 0.717) is 11.7 Å². The van der Waals surface area contributed by atoms with Crippen LogP contribution >= 0.6 is 11.3 Å². The van der Waals surface area contributed by atoms with Gasteiger partial charge in [-0.05, 0) is 42.8 Å². The van der Waals surface area contributed by atoms with E-state index in [1.165, 1.54) is 16.9 Å². The zero-order valence-corrected chi connectivity index (χ0v) is 18.2. The summed E-state index contributed by atoms with van der Waals surface area (Å²) in [5.41, 5.74) is 4.18. The van der Waals surface area contributed by atoms with Gasteiger partial charge in [-0.1, -0.05) is 37.3 Å². The van der Waals surface area contributed by atoms with E-state index in [2.05, 4.69) is 31.0 Å². The standard InChI is InChI=1S/C23H27N3O2S/c1-5-19-10-6-7-12-22(19)26(17(2)27)23-24-20(16-29-23)15-25(3)14-18-9-8-11-21(13-18)28-4/h6-13,16H,5,14-15H2,1-4H3. The second kappa shape index (κ2) is 9.67. The summed E-state index contributed by atoms with van der Waals surface area (Å²) < 4.78 is 5.30. The zero-order valence-electron chi connectivity index (χ0n) is 17.4. The van der Waals surface area contributed by atoms with Crippen molar-refractivity contribution in [2.45, 2.75) is 33.4 Å². The van der Waals surface area contributed by atoms with Gasteiger partial charge in [-0.3, -0.25) is 14.6 Å². The van der Waals surface area contributed by atoms with Crippen LogP contribution in [0.25, 0.3) is 0 Å². The summed E-state index contributed by atoms with van der Waals surface area (Å²) in [6, 6.07) is 16.1. The van der Waals surface area contributed by atoms with Gasteiger partial charge in [-0.2, -0.15) is 0 Å². The average Bonchev–Trinajstić information content (AvgIpc) is 3.16. The van der Waals surface area contributed by atoms with Gasteiger partial charge in [0.2, 0.25) is 5.91 Å². The summed E-state index contributed by atoms with van der Waals surface area (Å²) in [6.07, 6.45) is 0.863. The first kappa shape index (κ1) is 21.0. The van der Waals surface area contributed by atoms with Gasteiger partial charge < -0.3 is 4.74 Å². The maximum absolute atomic E-state index is 12.4. The minimum absolute atomic E-state index is 0.0310. The number of benzene rings is 2. The normalized spacial score (nSPS) is 10.9. The highest BCUT2D eigenvalue weighted by Gasteiger charge is 2.20. The summed E-state index contributed by atoms with van der Waals surface area (Å²) in [5, 5.41) is 2.74. The van der Waals surface area contributed by atoms with E-state index in [9.17, 15) is 4.79 Å². The number of carbonyl (C=O) groups excluding carboxylic acids is 1. The lowest BCUT2D eigenvalue weighted by Gasteiger charge is -2.21. The third kappa shape index (κ3) is 5.22. The molecule has 0 unspecified atom stereocenters. The van der Waals surface area contributed by atoms with Crippen LogP contribution in [0.15, 0.2) is 53.9 Å². The van der Waals surface area contributed by atoms with Crippen molar-refractivity contribution < 1.29 is 9.53 Å². The molecular weight excluding hydrogens is 382 g/mol. The highest BCUT2D eigenvalue weighted by molar-refractivity contribution is 7.14. The van der Waals surface area contributed by atoms with Crippen LogP contribution in [-0.2, 0) is 24.3 Å². The molecule has 0 saturated carbocycles. The molecule has 0 aliphatic carbocycles. The van der Waals surface area contributed by atoms with Crippen molar-refractivity contribution in [1.29, 1.82) is 0 Å². The number of rotatable bonds is 8. The molecule has 3 aromatic rings. The molecule has 0 radical (unpaired) electrons. The number of thiazole rings is 1. The van der Waals surface area contributed by atoms with E-state index in [1.54, 1.807) is 18.9 Å². The van der Waals surface area contributed by atoms with E-state index in [-0.39, 0.29) is 5.91 Å². The molecule has 0 saturated heterocycles. The van der Waals surface area contributed by atoms with Crippen molar-refractivity contribution in [3.8, 4) is 5.75 Å². The van der Waals surface area contributed by atoms with Crippen molar-refractivity contribution in [3.63, 3.8) is 0 Å². The fourth-order valence-electron chi connectivity index (χ4n) is 3.32. The van der Waals surface area contributed by atoms with Gasteiger partial charge in [-0.25, -0.2) is 4.98 Å². The van der Waals surface area contributed by atoms with Gasteiger partial charge in [0.25, 0.3) is 0 Å². The molecule has 0 aliphatic heterocycles. The number of carbonyl (C=O) groups is 1. The predicted octanol–water partition coefficient (Wildman–Crippen LogP) is 5.03. The van der Waals surface area contributed by atoms with Crippen LogP contribution in [0.2, 0.25) is 0 Å². The number of aromatic nitrogens is 1. The van der Waals surface area contributed by atoms with E-state index in [0.717, 1.165) is 35.7 Å². The van der Waals surface area contributed by atoms with E-state index in [1.807, 2.05) is 41.8 Å². The first-order valence-electron chi connectivity index (χ1n) is 9.66. The summed E-state index contributed by atoms with van der Waals surface area (Å²) in [6.45, 7) is 5.18. The van der Waals surface area contributed by atoms with Crippen molar-refractivity contribution in [2.75, 3.05) is 19.1 Å². The Morgan fingerprint density at radius 2 is 1.93 bits per heavy atom. The number of nitrogens with zero attached hydrogens (tertiary/aromatic N) is 3. The number of anilines is 2. The van der Waals surface area contributed by atoms with Gasteiger partial charge in [0.15, 0.2) is 5.13 Å². The Bertz CT molecular complexity index is 970. The molecule has 0 atom stereocenters. The van der Waals surface area contributed by atoms with Crippen molar-refractivity contribution >= 4 is 28.1 Å². The number of methoxy groups -OCH3 is 1. The topological polar surface area (TPSA) is 45.7 Å². The third-order valence-corrected chi connectivity index (χ3v) is 5.55. The minimum atomic E-state index is -0.0310. The molecular formula is C23H27N3O2S. The van der Waals surface area contributed by atoms with Crippen molar-refractivity contribution in [2.24, 2.45) is 0 Å². The molecule has 0 N–H and O–H groups in total. The van der Waals surface area contributed by atoms with Crippen LogP contribution < -0.4 is 9.64 Å². The molecule has 2 aromatic carbocycles. The van der Waals surface area contributed by atoms with Gasteiger partial charge in [-0.15, -0.1) is 11.3 Å². The van der Waals surface area contributed by atoms with Crippen LogP contribution in [0.4, 0.5) is 10.8 Å². The second-order valence-electron chi connectivity index (χ2n) is 6.98. The summed E-state index contributed by atoms with van der Waals surface area (Å²) >= 11 is 1.50. The number of amides is 1. The highest BCUT2D eigenvalue weighted by Crippen LogP contribution is 2.32. The Kier molecular flexibility index (Phi) is 7.01. The van der Waals surface area contributed by atoms with E-state index < -0.39 is 0 Å². The molecule has 152 valence electrons. The van der Waals surface area contributed by atoms with Crippen LogP contribution in [-0.4, -0.2) is 29.9 Å². The monoisotopic (exact) mass is 409 g/mol. The molecule has 5 nitrogen and oxygen atoms in total. The third-order valence-electron chi connectivity index (χ3n) is 4.68. The van der Waals surface area contributed by atoms with Gasteiger partial charge >= 0.3 is 0 Å². The molecule has 1 amide bonds. The Balaban J connectivity index is 1.75. The molecule has 3 rings (SSSR count). The molecule has 0 aliphatic rings. The fraction of sp³-hybridized carbons (Fsp3) is 0.304. The lowest BCUT2D eigenvalue weighted by molar-refractivity contribution is -0.115. The largest absolute Gasteiger partial charge is 0.497 e. The van der Waals surface area contributed by atoms with E-state index >= 15 is 0 Å². The Morgan fingerprint density at radius 1 is 1.14 bits per heavy atom. The number of ether oxygens (including phenoxy) is 1. The zero-order chi connectivity index (χ0) is 20.8.